The second-order valence-electron chi connectivity index (χ2n) is 13.0. The van der Waals surface area contributed by atoms with Crippen molar-refractivity contribution in [2.45, 2.75) is 0 Å². The first-order chi connectivity index (χ1) is 25.3. The van der Waals surface area contributed by atoms with Crippen LogP contribution in [0.4, 0.5) is 34.1 Å². The van der Waals surface area contributed by atoms with E-state index in [0.29, 0.717) is 0 Å². The molecule has 0 unspecified atom stereocenters. The van der Waals surface area contributed by atoms with E-state index in [-0.39, 0.29) is 0 Å². The number of fused-ring (bicyclic) bond motifs is 7. The van der Waals surface area contributed by atoms with Crippen molar-refractivity contribution in [1.82, 2.24) is 0 Å². The summed E-state index contributed by atoms with van der Waals surface area (Å²) in [5.74, 6) is 0. The molecule has 0 aliphatic carbocycles. The molecule has 0 saturated carbocycles. The average molecular weight is 669 g/mol. The first kappa shape index (κ1) is 29.5. The fourth-order valence-electron chi connectivity index (χ4n) is 7.60. The van der Waals surface area contributed by atoms with Crippen LogP contribution in [-0.2, 0) is 0 Å². The number of hydrogen-bond donors (Lipinski definition) is 0. The van der Waals surface area contributed by atoms with Gasteiger partial charge in [-0.25, -0.2) is 0 Å². The SMILES string of the molecule is c1ccc(N(c2ccc3ccccc3c2)c2cc(N(c3ccccc3)c3ccc4ccccc4c3)c3c(c2)sc2ccc4ccccc4c23)cc1. The molecule has 1 heterocycles. The van der Waals surface area contributed by atoms with E-state index in [0.717, 1.165) is 34.1 Å². The fraction of sp³-hybridized carbons (Fsp3) is 0. The van der Waals surface area contributed by atoms with E-state index in [1.54, 1.807) is 0 Å². The van der Waals surface area contributed by atoms with E-state index in [1.165, 1.54) is 52.5 Å². The lowest BCUT2D eigenvalue weighted by molar-refractivity contribution is 1.27. The number of benzene rings is 9. The maximum atomic E-state index is 2.45. The van der Waals surface area contributed by atoms with Gasteiger partial charge in [0.25, 0.3) is 0 Å². The van der Waals surface area contributed by atoms with Crippen LogP contribution in [0.2, 0.25) is 0 Å². The predicted octanol–water partition coefficient (Wildman–Crippen LogP) is 14.5. The minimum atomic E-state index is 1.11. The van der Waals surface area contributed by atoms with Gasteiger partial charge in [0.05, 0.1) is 5.69 Å². The molecule has 240 valence electrons. The highest BCUT2D eigenvalue weighted by molar-refractivity contribution is 7.26. The Hall–Kier alpha value is -6.42. The normalized spacial score (nSPS) is 11.5. The second-order valence-corrected chi connectivity index (χ2v) is 14.1. The highest BCUT2D eigenvalue weighted by Crippen LogP contribution is 2.50. The maximum Gasteiger partial charge on any atom is 0.0575 e. The minimum absolute atomic E-state index is 1.11. The summed E-state index contributed by atoms with van der Waals surface area (Å²) in [6, 6.07) is 70.5. The van der Waals surface area contributed by atoms with Gasteiger partial charge in [-0.2, -0.15) is 0 Å². The monoisotopic (exact) mass is 668 g/mol. The van der Waals surface area contributed by atoms with Crippen LogP contribution in [-0.4, -0.2) is 0 Å². The largest absolute Gasteiger partial charge is 0.310 e. The molecule has 10 aromatic rings. The Morgan fingerprint density at radius 2 is 0.804 bits per heavy atom. The highest BCUT2D eigenvalue weighted by atomic mass is 32.1. The van der Waals surface area contributed by atoms with E-state index >= 15 is 0 Å². The zero-order chi connectivity index (χ0) is 33.7. The lowest BCUT2D eigenvalue weighted by Gasteiger charge is -2.30. The number of para-hydroxylation sites is 2. The van der Waals surface area contributed by atoms with Crippen LogP contribution >= 0.6 is 11.3 Å². The molecule has 10 rings (SSSR count). The lowest BCUT2D eigenvalue weighted by atomic mass is 10.0. The van der Waals surface area contributed by atoms with Crippen molar-refractivity contribution >= 4 is 98.0 Å². The van der Waals surface area contributed by atoms with Crippen molar-refractivity contribution < 1.29 is 0 Å². The number of thiophene rings is 1. The molecule has 0 saturated heterocycles. The molecule has 0 bridgehead atoms. The average Bonchev–Trinajstić information content (AvgIpc) is 3.58. The third-order valence-corrected chi connectivity index (χ3v) is 11.0. The van der Waals surface area contributed by atoms with Crippen molar-refractivity contribution in [2.75, 3.05) is 9.80 Å². The number of anilines is 6. The van der Waals surface area contributed by atoms with Crippen LogP contribution in [0.15, 0.2) is 194 Å². The van der Waals surface area contributed by atoms with Crippen molar-refractivity contribution in [3.8, 4) is 0 Å². The summed E-state index contributed by atoms with van der Waals surface area (Å²) in [7, 11) is 0. The highest BCUT2D eigenvalue weighted by Gasteiger charge is 2.24. The Kier molecular flexibility index (Phi) is 7.04. The van der Waals surface area contributed by atoms with Gasteiger partial charge in [0.2, 0.25) is 0 Å². The van der Waals surface area contributed by atoms with E-state index < -0.39 is 0 Å². The van der Waals surface area contributed by atoms with Gasteiger partial charge in [-0.3, -0.25) is 0 Å². The summed E-state index contributed by atoms with van der Waals surface area (Å²) in [6.45, 7) is 0. The third kappa shape index (κ3) is 5.10. The predicted molar refractivity (Wildman–Crippen MR) is 221 cm³/mol. The maximum absolute atomic E-state index is 2.45. The van der Waals surface area contributed by atoms with Gasteiger partial charge in [-0.1, -0.05) is 127 Å². The standard InChI is InChI=1S/C48H32N2S/c1-3-18-38(19-4-1)49(40-26-23-33-13-7-9-16-36(33)29-40)42-31-44(48-46(32-42)51-45-28-25-35-15-11-12-22-43(35)47(45)48)50(39-20-5-2-6-21-39)41-27-24-34-14-8-10-17-37(34)30-41/h1-32H. The Labute approximate surface area is 300 Å². The van der Waals surface area contributed by atoms with Gasteiger partial charge in [0, 0.05) is 48.6 Å². The third-order valence-electron chi connectivity index (χ3n) is 9.94. The van der Waals surface area contributed by atoms with Gasteiger partial charge in [0.15, 0.2) is 0 Å². The molecule has 1 aromatic heterocycles. The molecular formula is C48H32N2S. The Morgan fingerprint density at radius 3 is 1.45 bits per heavy atom. The number of nitrogens with zero attached hydrogens (tertiary/aromatic N) is 2. The molecule has 0 N–H and O–H groups in total. The molecular weight excluding hydrogens is 637 g/mol. The smallest absolute Gasteiger partial charge is 0.0575 e. The van der Waals surface area contributed by atoms with Crippen molar-refractivity contribution in [1.29, 1.82) is 0 Å². The molecule has 0 aliphatic rings. The van der Waals surface area contributed by atoms with E-state index in [2.05, 4.69) is 204 Å². The summed E-state index contributed by atoms with van der Waals surface area (Å²) in [4.78, 5) is 4.86. The van der Waals surface area contributed by atoms with Crippen LogP contribution in [0.5, 0.6) is 0 Å². The zero-order valence-electron chi connectivity index (χ0n) is 27.8. The van der Waals surface area contributed by atoms with Gasteiger partial charge in [-0.15, -0.1) is 11.3 Å². The van der Waals surface area contributed by atoms with Crippen LogP contribution in [0.3, 0.4) is 0 Å². The molecule has 0 spiro atoms. The van der Waals surface area contributed by atoms with Gasteiger partial charge in [0.1, 0.15) is 0 Å². The van der Waals surface area contributed by atoms with Crippen LogP contribution in [0.25, 0.3) is 52.5 Å². The molecule has 9 aromatic carbocycles. The summed E-state index contributed by atoms with van der Waals surface area (Å²) in [6.07, 6.45) is 0. The van der Waals surface area contributed by atoms with E-state index in [1.807, 2.05) is 11.3 Å². The van der Waals surface area contributed by atoms with E-state index in [9.17, 15) is 0 Å². The fourth-order valence-corrected chi connectivity index (χ4v) is 8.77. The summed E-state index contributed by atoms with van der Waals surface area (Å²) in [5.41, 5.74) is 6.72. The molecule has 51 heavy (non-hydrogen) atoms. The van der Waals surface area contributed by atoms with Crippen LogP contribution < -0.4 is 9.80 Å². The molecule has 3 heteroatoms. The minimum Gasteiger partial charge on any atom is -0.310 e. The quantitative estimate of drug-likeness (QED) is 0.174. The summed E-state index contributed by atoms with van der Waals surface area (Å²) >= 11 is 1.87. The van der Waals surface area contributed by atoms with Crippen LogP contribution in [0, 0.1) is 0 Å². The molecule has 0 fully saturated rings. The summed E-state index contributed by atoms with van der Waals surface area (Å²) < 4.78 is 2.53. The van der Waals surface area contributed by atoms with Gasteiger partial charge >= 0.3 is 0 Å². The topological polar surface area (TPSA) is 6.48 Å². The number of rotatable bonds is 6. The van der Waals surface area contributed by atoms with Gasteiger partial charge < -0.3 is 9.80 Å². The molecule has 0 radical (unpaired) electrons. The molecule has 2 nitrogen and oxygen atoms in total. The second kappa shape index (κ2) is 12.2. The van der Waals surface area contributed by atoms with Gasteiger partial charge in [-0.05, 0) is 99.0 Å². The molecule has 0 amide bonds. The molecule has 0 aliphatic heterocycles. The number of hydrogen-bond acceptors (Lipinski definition) is 3. The lowest BCUT2D eigenvalue weighted by Crippen LogP contribution is -2.13. The van der Waals surface area contributed by atoms with E-state index in [4.69, 9.17) is 0 Å². The molecule has 0 atom stereocenters. The zero-order valence-corrected chi connectivity index (χ0v) is 28.6. The van der Waals surface area contributed by atoms with Crippen molar-refractivity contribution in [3.05, 3.63) is 194 Å². The summed E-state index contributed by atoms with van der Waals surface area (Å²) in [5, 5.41) is 9.97. The Morgan fingerprint density at radius 1 is 0.294 bits per heavy atom. The Bertz CT molecular complexity index is 2880. The Balaban J connectivity index is 1.32. The van der Waals surface area contributed by atoms with Crippen LogP contribution in [0.1, 0.15) is 0 Å². The first-order valence-electron chi connectivity index (χ1n) is 17.3. The van der Waals surface area contributed by atoms with Crippen molar-refractivity contribution in [3.63, 3.8) is 0 Å². The first-order valence-corrected chi connectivity index (χ1v) is 18.2. The van der Waals surface area contributed by atoms with Crippen molar-refractivity contribution in [2.24, 2.45) is 0 Å².